The molecular weight excluding hydrogens is 252 g/mol. The Labute approximate surface area is 98.1 Å². The topological polar surface area (TPSA) is 16.1 Å². The van der Waals surface area contributed by atoms with Gasteiger partial charge in [0, 0.05) is 12.7 Å². The molecule has 3 heterocycles. The maximum Gasteiger partial charge on any atom is 0.106 e. The molecule has 0 amide bonds. The highest BCUT2D eigenvalue weighted by molar-refractivity contribution is 9.10. The Morgan fingerprint density at radius 1 is 1.33 bits per heavy atom. The average molecular weight is 265 g/mol. The summed E-state index contributed by atoms with van der Waals surface area (Å²) in [4.78, 5) is 6.83. The maximum atomic E-state index is 4.29. The maximum absolute atomic E-state index is 4.29. The third kappa shape index (κ3) is 1.74. The number of rotatable bonds is 1. The number of pyridine rings is 1. The van der Waals surface area contributed by atoms with Crippen LogP contribution in [-0.2, 0) is 0 Å². The van der Waals surface area contributed by atoms with Crippen LogP contribution in [-0.4, -0.2) is 23.0 Å². The quantitative estimate of drug-likeness (QED) is 0.573. The van der Waals surface area contributed by atoms with Crippen molar-refractivity contribution in [3.63, 3.8) is 0 Å². The van der Waals surface area contributed by atoms with Gasteiger partial charge < -0.3 is 0 Å². The van der Waals surface area contributed by atoms with Crippen LogP contribution in [0.4, 0.5) is 0 Å². The second kappa shape index (κ2) is 3.72. The lowest BCUT2D eigenvalue weighted by atomic mass is 10.0. The van der Waals surface area contributed by atoms with Crippen LogP contribution in [0.5, 0.6) is 0 Å². The molecule has 1 aromatic heterocycles. The van der Waals surface area contributed by atoms with Crippen molar-refractivity contribution in [2.75, 3.05) is 13.1 Å². The van der Waals surface area contributed by atoms with Gasteiger partial charge in [-0.1, -0.05) is 18.2 Å². The van der Waals surface area contributed by atoms with E-state index < -0.39 is 0 Å². The van der Waals surface area contributed by atoms with Crippen molar-refractivity contribution >= 4 is 15.9 Å². The minimum atomic E-state index is 0.448. The first-order chi connectivity index (χ1) is 7.33. The van der Waals surface area contributed by atoms with Gasteiger partial charge in [0.25, 0.3) is 0 Å². The molecule has 1 aromatic rings. The summed E-state index contributed by atoms with van der Waals surface area (Å²) in [5.74, 6) is 0.796. The summed E-state index contributed by atoms with van der Waals surface area (Å²) in [6, 6.07) is 4.63. The third-order valence-corrected chi connectivity index (χ3v) is 3.78. The summed E-state index contributed by atoms with van der Waals surface area (Å²) in [7, 11) is 0. The normalized spacial score (nSPS) is 33.3. The summed E-state index contributed by atoms with van der Waals surface area (Å²) in [5, 5.41) is 0. The van der Waals surface area contributed by atoms with Crippen LogP contribution in [0.2, 0.25) is 0 Å². The molecule has 78 valence electrons. The smallest absolute Gasteiger partial charge is 0.106 e. The van der Waals surface area contributed by atoms with Crippen molar-refractivity contribution in [1.82, 2.24) is 9.88 Å². The van der Waals surface area contributed by atoms with Gasteiger partial charge in [-0.3, -0.25) is 4.90 Å². The molecule has 15 heavy (non-hydrogen) atoms. The first-order valence-electron chi connectivity index (χ1n) is 5.37. The number of hydrogen-bond donors (Lipinski definition) is 0. The molecule has 0 aromatic carbocycles. The van der Waals surface area contributed by atoms with Crippen LogP contribution in [0.25, 0.3) is 0 Å². The predicted molar refractivity (Wildman–Crippen MR) is 63.5 cm³/mol. The van der Waals surface area contributed by atoms with E-state index in [1.165, 1.54) is 25.1 Å². The van der Waals surface area contributed by atoms with E-state index in [0.717, 1.165) is 10.5 Å². The molecule has 0 N–H and O–H groups in total. The molecule has 1 saturated heterocycles. The second-order valence-corrected chi connectivity index (χ2v) is 5.10. The van der Waals surface area contributed by atoms with Crippen LogP contribution in [0.1, 0.15) is 18.0 Å². The van der Waals surface area contributed by atoms with Gasteiger partial charge in [0.1, 0.15) is 4.60 Å². The number of aromatic nitrogens is 1. The number of hydrogen-bond acceptors (Lipinski definition) is 2. The zero-order chi connectivity index (χ0) is 10.3. The Kier molecular flexibility index (Phi) is 2.37. The fourth-order valence-electron chi connectivity index (χ4n) is 2.49. The first kappa shape index (κ1) is 9.55. The molecule has 2 aliphatic rings. The summed E-state index contributed by atoms with van der Waals surface area (Å²) in [5.41, 5.74) is 1.30. The molecule has 2 nitrogen and oxygen atoms in total. The number of halogens is 1. The lowest BCUT2D eigenvalue weighted by Gasteiger charge is -2.28. The third-order valence-electron chi connectivity index (χ3n) is 3.31. The number of nitrogens with zero attached hydrogens (tertiary/aromatic N) is 2. The van der Waals surface area contributed by atoms with Gasteiger partial charge in [0.15, 0.2) is 0 Å². The van der Waals surface area contributed by atoms with E-state index in [1.54, 1.807) is 0 Å². The fraction of sp³-hybridized carbons (Fsp3) is 0.417. The predicted octanol–water partition coefficient (Wildman–Crippen LogP) is 2.78. The minimum Gasteiger partial charge on any atom is -0.292 e. The Bertz CT molecular complexity index is 385. The van der Waals surface area contributed by atoms with E-state index in [0.29, 0.717) is 6.04 Å². The molecule has 0 spiro atoms. The molecule has 0 aliphatic carbocycles. The molecular formula is C12H13BrN2. The summed E-state index contributed by atoms with van der Waals surface area (Å²) in [6.45, 7) is 2.44. The van der Waals surface area contributed by atoms with Crippen molar-refractivity contribution in [3.8, 4) is 0 Å². The Balaban J connectivity index is 1.91. The van der Waals surface area contributed by atoms with Crippen molar-refractivity contribution < 1.29 is 0 Å². The second-order valence-electron chi connectivity index (χ2n) is 4.29. The lowest BCUT2D eigenvalue weighted by molar-refractivity contribution is 0.272. The molecule has 3 heteroatoms. The van der Waals surface area contributed by atoms with Crippen molar-refractivity contribution in [1.29, 1.82) is 0 Å². The number of fused-ring (bicyclic) bond motifs is 2. The van der Waals surface area contributed by atoms with Crippen molar-refractivity contribution in [3.05, 3.63) is 40.6 Å². The van der Waals surface area contributed by atoms with E-state index in [1.807, 2.05) is 12.3 Å². The molecule has 2 aliphatic heterocycles. The molecule has 3 unspecified atom stereocenters. The van der Waals surface area contributed by atoms with Crippen LogP contribution in [0.3, 0.4) is 0 Å². The highest BCUT2D eigenvalue weighted by Crippen LogP contribution is 2.33. The molecule has 3 atom stereocenters. The van der Waals surface area contributed by atoms with Crippen molar-refractivity contribution in [2.24, 2.45) is 5.92 Å². The van der Waals surface area contributed by atoms with Gasteiger partial charge in [-0.15, -0.1) is 0 Å². The molecule has 2 bridgehead atoms. The fourth-order valence-corrected chi connectivity index (χ4v) is 2.73. The van der Waals surface area contributed by atoms with E-state index >= 15 is 0 Å². The average Bonchev–Trinajstić information content (AvgIpc) is 2.63. The van der Waals surface area contributed by atoms with Gasteiger partial charge in [-0.2, -0.15) is 0 Å². The summed E-state index contributed by atoms with van der Waals surface area (Å²) in [6.07, 6.45) is 7.98. The van der Waals surface area contributed by atoms with Crippen LogP contribution < -0.4 is 0 Å². The van der Waals surface area contributed by atoms with Crippen LogP contribution in [0, 0.1) is 5.92 Å². The van der Waals surface area contributed by atoms with Gasteiger partial charge in [-0.25, -0.2) is 4.98 Å². The van der Waals surface area contributed by atoms with Crippen molar-refractivity contribution in [2.45, 2.75) is 12.5 Å². The summed E-state index contributed by atoms with van der Waals surface area (Å²) < 4.78 is 0.908. The minimum absolute atomic E-state index is 0.448. The van der Waals surface area contributed by atoms with Crippen LogP contribution in [0.15, 0.2) is 35.1 Å². The molecule has 1 fully saturated rings. The van der Waals surface area contributed by atoms with E-state index in [4.69, 9.17) is 0 Å². The lowest BCUT2D eigenvalue weighted by Crippen LogP contribution is -2.27. The summed E-state index contributed by atoms with van der Waals surface area (Å²) >= 11 is 3.37. The molecule has 3 rings (SSSR count). The van der Waals surface area contributed by atoms with E-state index in [9.17, 15) is 0 Å². The van der Waals surface area contributed by atoms with E-state index in [-0.39, 0.29) is 0 Å². The molecule has 0 saturated carbocycles. The largest absolute Gasteiger partial charge is 0.292 e. The Morgan fingerprint density at radius 3 is 3.07 bits per heavy atom. The van der Waals surface area contributed by atoms with Crippen LogP contribution >= 0.6 is 15.9 Å². The zero-order valence-corrected chi connectivity index (χ0v) is 10.0. The zero-order valence-electron chi connectivity index (χ0n) is 8.44. The Hall–Kier alpha value is -0.670. The van der Waals surface area contributed by atoms with Gasteiger partial charge in [0.2, 0.25) is 0 Å². The first-order valence-corrected chi connectivity index (χ1v) is 6.16. The highest BCUT2D eigenvalue weighted by Gasteiger charge is 2.30. The van der Waals surface area contributed by atoms with Gasteiger partial charge in [-0.05, 0) is 46.4 Å². The monoisotopic (exact) mass is 264 g/mol. The molecule has 0 radical (unpaired) electrons. The Morgan fingerprint density at radius 2 is 2.27 bits per heavy atom. The standard InChI is InChI=1S/C12H13BrN2/c13-12-4-2-10(7-14-12)11-3-1-9-5-6-15(11)8-9/h1-4,7,9,11H,5-6,8H2. The highest BCUT2D eigenvalue weighted by atomic mass is 79.9. The van der Waals surface area contributed by atoms with Gasteiger partial charge in [0.05, 0.1) is 6.04 Å². The van der Waals surface area contributed by atoms with E-state index in [2.05, 4.69) is 44.0 Å². The SMILES string of the molecule is Brc1ccc(C2C=CC3CCN2C3)cn1. The van der Waals surface area contributed by atoms with Gasteiger partial charge >= 0.3 is 0 Å².